The number of H-pyrrole nitrogens is 1. The number of benzene rings is 3. The summed E-state index contributed by atoms with van der Waals surface area (Å²) in [4.78, 5) is 60.3. The summed E-state index contributed by atoms with van der Waals surface area (Å²) >= 11 is 0. The molecule has 0 bridgehead atoms. The Morgan fingerprint density at radius 1 is 0.977 bits per heavy atom. The predicted molar refractivity (Wildman–Crippen MR) is 159 cm³/mol. The van der Waals surface area contributed by atoms with Crippen LogP contribution >= 0.6 is 0 Å². The fraction of sp³-hybridized carbons (Fsp3) is 0.219. The average Bonchev–Trinajstić information content (AvgIpc) is 2.97. The van der Waals surface area contributed by atoms with Gasteiger partial charge in [-0.3, -0.25) is 19.2 Å². The number of rotatable bonds is 9. The van der Waals surface area contributed by atoms with E-state index in [2.05, 4.69) is 20.6 Å². The number of aromatic nitrogens is 2. The van der Waals surface area contributed by atoms with E-state index in [0.717, 1.165) is 18.2 Å². The molecule has 4 rings (SSSR count). The van der Waals surface area contributed by atoms with Crippen LogP contribution in [0.25, 0.3) is 11.3 Å². The summed E-state index contributed by atoms with van der Waals surface area (Å²) < 4.78 is 28.2. The number of halogens is 2. The van der Waals surface area contributed by atoms with Gasteiger partial charge in [-0.05, 0) is 80.6 Å². The van der Waals surface area contributed by atoms with Crippen LogP contribution in [0.3, 0.4) is 0 Å². The molecule has 9 nitrogen and oxygen atoms in total. The first kappa shape index (κ1) is 30.9. The fourth-order valence-corrected chi connectivity index (χ4v) is 4.50. The number of nitrogens with one attached hydrogen (secondary N) is 3. The van der Waals surface area contributed by atoms with Crippen LogP contribution in [-0.4, -0.2) is 59.7 Å². The Hall–Kier alpha value is -5.03. The van der Waals surface area contributed by atoms with E-state index >= 15 is 0 Å². The first-order valence-electron chi connectivity index (χ1n) is 13.4. The van der Waals surface area contributed by atoms with Gasteiger partial charge < -0.3 is 20.5 Å². The third-order valence-corrected chi connectivity index (χ3v) is 6.99. The van der Waals surface area contributed by atoms with E-state index in [9.17, 15) is 28.0 Å². The van der Waals surface area contributed by atoms with Crippen LogP contribution in [0.1, 0.15) is 50.0 Å². The molecule has 0 spiro atoms. The van der Waals surface area contributed by atoms with Crippen LogP contribution in [0.4, 0.5) is 14.6 Å². The van der Waals surface area contributed by atoms with Gasteiger partial charge in [0.1, 0.15) is 11.6 Å². The molecule has 0 aliphatic rings. The summed E-state index contributed by atoms with van der Waals surface area (Å²) in [5, 5.41) is 5.30. The first-order valence-corrected chi connectivity index (χ1v) is 13.4. The second-order valence-corrected chi connectivity index (χ2v) is 10.3. The summed E-state index contributed by atoms with van der Waals surface area (Å²) in [7, 11) is 4.85. The molecular formula is C32H31F2N5O4. The summed E-state index contributed by atoms with van der Waals surface area (Å²) in [5.41, 5.74) is 1.92. The number of hydrogen-bond acceptors (Lipinski definition) is 6. The minimum absolute atomic E-state index is 0.0405. The summed E-state index contributed by atoms with van der Waals surface area (Å²) in [6.45, 7) is 3.35. The van der Waals surface area contributed by atoms with Gasteiger partial charge in [-0.25, -0.2) is 13.8 Å². The normalized spacial score (nSPS) is 11.6. The van der Waals surface area contributed by atoms with Crippen LogP contribution in [-0.2, 0) is 11.2 Å². The lowest BCUT2D eigenvalue weighted by Crippen LogP contribution is -2.37. The van der Waals surface area contributed by atoms with E-state index in [1.165, 1.54) is 29.2 Å². The Morgan fingerprint density at radius 2 is 1.67 bits per heavy atom. The van der Waals surface area contributed by atoms with Crippen molar-refractivity contribution >= 4 is 23.4 Å². The van der Waals surface area contributed by atoms with Crippen LogP contribution in [0.2, 0.25) is 0 Å². The molecular weight excluding hydrogens is 556 g/mol. The third kappa shape index (κ3) is 6.90. The SMILES string of the molecule is CN[C@@H](C)C(=O)Nc1nc(Cc2cc(F)cc(C(=O)c3ccc(F)cc3)c2)c(-c2cccc(C(=O)N(C)C)c2C)[nH]c1=O. The van der Waals surface area contributed by atoms with Gasteiger partial charge in [-0.15, -0.1) is 0 Å². The average molecular weight is 588 g/mol. The van der Waals surface area contributed by atoms with Gasteiger partial charge in [0.05, 0.1) is 17.4 Å². The highest BCUT2D eigenvalue weighted by atomic mass is 19.1. The van der Waals surface area contributed by atoms with Crippen molar-refractivity contribution in [3.05, 3.63) is 116 Å². The largest absolute Gasteiger partial charge is 0.345 e. The lowest BCUT2D eigenvalue weighted by Gasteiger charge is -2.18. The maximum Gasteiger partial charge on any atom is 0.291 e. The van der Waals surface area contributed by atoms with Crippen molar-refractivity contribution in [1.82, 2.24) is 20.2 Å². The molecule has 0 radical (unpaired) electrons. The van der Waals surface area contributed by atoms with Crippen LogP contribution < -0.4 is 16.2 Å². The number of anilines is 1. The van der Waals surface area contributed by atoms with Gasteiger partial charge in [-0.2, -0.15) is 0 Å². The number of carbonyl (C=O) groups excluding carboxylic acids is 3. The van der Waals surface area contributed by atoms with E-state index < -0.39 is 34.9 Å². The van der Waals surface area contributed by atoms with Crippen molar-refractivity contribution in [3.63, 3.8) is 0 Å². The van der Waals surface area contributed by atoms with Crippen LogP contribution in [0.15, 0.2) is 65.5 Å². The fourth-order valence-electron chi connectivity index (χ4n) is 4.50. The van der Waals surface area contributed by atoms with Crippen molar-refractivity contribution in [1.29, 1.82) is 0 Å². The second kappa shape index (κ2) is 12.9. The number of amides is 2. The number of hydrogen-bond donors (Lipinski definition) is 3. The standard InChI is InChI=1S/C32H31F2N5O4/c1-17-24(7-6-8-25(17)32(43)39(4)5)27-26(36-29(31(42)37-27)38-30(41)18(2)35-3)15-19-13-21(16-23(34)14-19)28(40)20-9-11-22(33)12-10-20/h6-14,16,18,35H,15H2,1-5H3,(H,37,42)(H,36,38,41)/t18-/m0/s1. The molecule has 11 heteroatoms. The Kier molecular flexibility index (Phi) is 9.25. The Bertz CT molecular complexity index is 1770. The molecule has 1 aromatic heterocycles. The first-order chi connectivity index (χ1) is 20.4. The number of aromatic amines is 1. The van der Waals surface area contributed by atoms with Crippen LogP contribution in [0.5, 0.6) is 0 Å². The minimum Gasteiger partial charge on any atom is -0.345 e. The summed E-state index contributed by atoms with van der Waals surface area (Å²) in [6, 6.07) is 13.2. The van der Waals surface area contributed by atoms with Gasteiger partial charge in [0.2, 0.25) is 5.91 Å². The third-order valence-electron chi connectivity index (χ3n) is 6.99. The molecule has 0 fully saturated rings. The quantitative estimate of drug-likeness (QED) is 0.254. The van der Waals surface area contributed by atoms with Gasteiger partial charge >= 0.3 is 0 Å². The van der Waals surface area contributed by atoms with E-state index in [-0.39, 0.29) is 40.7 Å². The van der Waals surface area contributed by atoms with Crippen LogP contribution in [0, 0.1) is 18.6 Å². The van der Waals surface area contributed by atoms with E-state index in [1.54, 1.807) is 53.2 Å². The molecule has 3 aromatic carbocycles. The highest BCUT2D eigenvalue weighted by molar-refractivity contribution is 6.09. The molecule has 1 heterocycles. The van der Waals surface area contributed by atoms with E-state index in [4.69, 9.17) is 0 Å². The number of likely N-dealkylation sites (N-methyl/N-ethyl adjacent to an activating group) is 1. The van der Waals surface area contributed by atoms with Gasteiger partial charge in [0.25, 0.3) is 11.5 Å². The van der Waals surface area contributed by atoms with Gasteiger partial charge in [-0.1, -0.05) is 12.1 Å². The smallest absolute Gasteiger partial charge is 0.291 e. The van der Waals surface area contributed by atoms with Gasteiger partial charge in [0.15, 0.2) is 11.6 Å². The molecule has 3 N–H and O–H groups in total. The molecule has 0 aliphatic carbocycles. The van der Waals surface area contributed by atoms with Crippen molar-refractivity contribution in [3.8, 4) is 11.3 Å². The molecule has 0 saturated heterocycles. The zero-order valence-corrected chi connectivity index (χ0v) is 24.3. The lowest BCUT2D eigenvalue weighted by atomic mass is 9.95. The summed E-state index contributed by atoms with van der Waals surface area (Å²) in [6.07, 6.45) is -0.0523. The Balaban J connectivity index is 1.85. The maximum absolute atomic E-state index is 14.8. The van der Waals surface area contributed by atoms with Crippen molar-refractivity contribution in [2.24, 2.45) is 0 Å². The zero-order chi connectivity index (χ0) is 31.4. The molecule has 2 amide bonds. The van der Waals surface area contributed by atoms with Gasteiger partial charge in [0, 0.05) is 42.8 Å². The van der Waals surface area contributed by atoms with Crippen molar-refractivity contribution in [2.45, 2.75) is 26.3 Å². The monoisotopic (exact) mass is 587 g/mol. The molecule has 0 saturated carbocycles. The molecule has 1 atom stereocenters. The number of nitrogens with zero attached hydrogens (tertiary/aromatic N) is 2. The highest BCUT2D eigenvalue weighted by Gasteiger charge is 2.21. The Labute approximate surface area is 247 Å². The highest BCUT2D eigenvalue weighted by Crippen LogP contribution is 2.29. The molecule has 0 aliphatic heterocycles. The number of ketones is 1. The molecule has 4 aromatic rings. The van der Waals surface area contributed by atoms with E-state index in [1.807, 2.05) is 0 Å². The topological polar surface area (TPSA) is 124 Å². The lowest BCUT2D eigenvalue weighted by molar-refractivity contribution is -0.117. The predicted octanol–water partition coefficient (Wildman–Crippen LogP) is 4.09. The summed E-state index contributed by atoms with van der Waals surface area (Å²) in [5.74, 6) is -2.69. The molecule has 43 heavy (non-hydrogen) atoms. The minimum atomic E-state index is -0.680. The Morgan fingerprint density at radius 3 is 2.33 bits per heavy atom. The van der Waals surface area contributed by atoms with E-state index in [0.29, 0.717) is 22.3 Å². The van der Waals surface area contributed by atoms with Crippen molar-refractivity contribution < 1.29 is 23.2 Å². The number of carbonyl (C=O) groups is 3. The maximum atomic E-state index is 14.8. The molecule has 222 valence electrons. The zero-order valence-electron chi connectivity index (χ0n) is 24.3. The van der Waals surface area contributed by atoms with Crippen molar-refractivity contribution in [2.75, 3.05) is 26.5 Å². The molecule has 0 unspecified atom stereocenters. The second-order valence-electron chi connectivity index (χ2n) is 10.3.